The Hall–Kier alpha value is -2.08. The smallest absolute Gasteiger partial charge is 0.226 e. The first kappa shape index (κ1) is 20.6. The van der Waals surface area contributed by atoms with Crippen LogP contribution in [0.15, 0.2) is 47.8 Å². The maximum Gasteiger partial charge on any atom is 0.226 e. The molecule has 1 amide bonds. The van der Waals surface area contributed by atoms with Crippen molar-refractivity contribution in [2.24, 2.45) is 0 Å². The summed E-state index contributed by atoms with van der Waals surface area (Å²) < 4.78 is 5.59. The van der Waals surface area contributed by atoms with Crippen LogP contribution in [-0.4, -0.2) is 17.5 Å². The third-order valence-electron chi connectivity index (χ3n) is 4.11. The summed E-state index contributed by atoms with van der Waals surface area (Å²) in [7, 11) is 0. The van der Waals surface area contributed by atoms with Crippen LogP contribution in [0, 0.1) is 0 Å². The molecular weight excluding hydrogens is 415 g/mol. The Bertz CT molecular complexity index is 942. The van der Waals surface area contributed by atoms with Crippen molar-refractivity contribution in [1.82, 2.24) is 4.98 Å². The molecule has 0 aliphatic carbocycles. The molecule has 0 saturated heterocycles. The van der Waals surface area contributed by atoms with Gasteiger partial charge in [-0.05, 0) is 36.6 Å². The number of nitrogens with one attached hydrogen (secondary N) is 1. The molecule has 0 aliphatic heterocycles. The molecular formula is C21H20Cl2N2O2S. The number of benzene rings is 2. The molecule has 0 radical (unpaired) electrons. The number of rotatable bonds is 8. The average Bonchev–Trinajstić information content (AvgIpc) is 3.15. The number of anilines is 1. The molecule has 0 spiro atoms. The number of hydrogen-bond donors (Lipinski definition) is 1. The lowest BCUT2D eigenvalue weighted by molar-refractivity contribution is -0.116. The van der Waals surface area contributed by atoms with Gasteiger partial charge >= 0.3 is 0 Å². The van der Waals surface area contributed by atoms with Gasteiger partial charge in [0, 0.05) is 22.4 Å². The van der Waals surface area contributed by atoms with Gasteiger partial charge < -0.3 is 10.1 Å². The topological polar surface area (TPSA) is 51.2 Å². The molecule has 146 valence electrons. The molecule has 0 unspecified atom stereocenters. The second-order valence-corrected chi connectivity index (χ2v) is 7.87. The Morgan fingerprint density at radius 1 is 1.18 bits per heavy atom. The van der Waals surface area contributed by atoms with Gasteiger partial charge in [0.05, 0.1) is 17.3 Å². The van der Waals surface area contributed by atoms with E-state index in [-0.39, 0.29) is 5.91 Å². The van der Waals surface area contributed by atoms with Crippen LogP contribution in [0.25, 0.3) is 11.3 Å². The van der Waals surface area contributed by atoms with Crippen molar-refractivity contribution < 1.29 is 9.53 Å². The van der Waals surface area contributed by atoms with Crippen molar-refractivity contribution in [3.63, 3.8) is 0 Å². The fourth-order valence-corrected chi connectivity index (χ4v) is 3.76. The number of aromatic nitrogens is 1. The summed E-state index contributed by atoms with van der Waals surface area (Å²) in [4.78, 5) is 16.6. The second kappa shape index (κ2) is 9.92. The van der Waals surface area contributed by atoms with Crippen LogP contribution in [0.1, 0.15) is 25.3 Å². The van der Waals surface area contributed by atoms with E-state index in [0.717, 1.165) is 17.7 Å². The van der Waals surface area contributed by atoms with Crippen molar-refractivity contribution in [2.45, 2.75) is 26.2 Å². The molecule has 2 aromatic carbocycles. The van der Waals surface area contributed by atoms with E-state index >= 15 is 0 Å². The van der Waals surface area contributed by atoms with Crippen LogP contribution < -0.4 is 10.1 Å². The lowest BCUT2D eigenvalue weighted by atomic mass is 10.1. The van der Waals surface area contributed by atoms with E-state index in [1.54, 1.807) is 18.2 Å². The highest BCUT2D eigenvalue weighted by Gasteiger charge is 2.09. The van der Waals surface area contributed by atoms with Gasteiger partial charge in [-0.15, -0.1) is 11.3 Å². The van der Waals surface area contributed by atoms with Crippen molar-refractivity contribution in [3.05, 3.63) is 63.5 Å². The number of nitrogens with zero attached hydrogens (tertiary/aromatic N) is 1. The number of amides is 1. The van der Waals surface area contributed by atoms with E-state index in [9.17, 15) is 4.79 Å². The molecule has 0 atom stereocenters. The maximum absolute atomic E-state index is 12.1. The summed E-state index contributed by atoms with van der Waals surface area (Å²) in [6, 6.07) is 13.4. The third kappa shape index (κ3) is 5.71. The number of ether oxygens (including phenoxy) is 1. The Morgan fingerprint density at radius 2 is 1.96 bits per heavy atom. The summed E-state index contributed by atoms with van der Waals surface area (Å²) in [5, 5.41) is 6.40. The van der Waals surface area contributed by atoms with Gasteiger partial charge in [0.1, 0.15) is 5.75 Å². The second-order valence-electron chi connectivity index (χ2n) is 6.16. The summed E-state index contributed by atoms with van der Waals surface area (Å²) in [6.07, 6.45) is 1.92. The highest BCUT2D eigenvalue weighted by atomic mass is 35.5. The van der Waals surface area contributed by atoms with E-state index in [1.807, 2.05) is 5.38 Å². The van der Waals surface area contributed by atoms with Crippen LogP contribution in [0.4, 0.5) is 5.13 Å². The number of carbonyl (C=O) groups excluding carboxylic acids is 1. The minimum absolute atomic E-state index is 0.0898. The Labute approximate surface area is 178 Å². The predicted octanol–water partition coefficient (Wildman–Crippen LogP) is 6.48. The van der Waals surface area contributed by atoms with E-state index in [2.05, 4.69) is 41.5 Å². The molecule has 1 N–H and O–H groups in total. The monoisotopic (exact) mass is 434 g/mol. The van der Waals surface area contributed by atoms with Crippen LogP contribution in [-0.2, 0) is 11.2 Å². The molecule has 7 heteroatoms. The van der Waals surface area contributed by atoms with E-state index in [1.165, 1.54) is 16.9 Å². The quantitative estimate of drug-likeness (QED) is 0.412. The molecule has 3 aromatic rings. The van der Waals surface area contributed by atoms with Gasteiger partial charge in [-0.1, -0.05) is 54.4 Å². The number of carbonyl (C=O) groups is 1. The van der Waals surface area contributed by atoms with E-state index in [4.69, 9.17) is 27.9 Å². The molecule has 3 rings (SSSR count). The van der Waals surface area contributed by atoms with Crippen molar-refractivity contribution in [1.29, 1.82) is 0 Å². The van der Waals surface area contributed by atoms with Crippen molar-refractivity contribution in [2.75, 3.05) is 11.9 Å². The summed E-state index contributed by atoms with van der Waals surface area (Å²) in [5.41, 5.74) is 3.19. The summed E-state index contributed by atoms with van der Waals surface area (Å²) in [6.45, 7) is 2.52. The largest absolute Gasteiger partial charge is 0.492 e. The highest BCUT2D eigenvalue weighted by Crippen LogP contribution is 2.28. The standard InChI is InChI=1S/C21H20Cl2N2O2S/c1-2-14-5-7-15(8-6-14)18-13-28-21(24-18)25-20(26)4-3-11-27-19-10-9-16(22)12-17(19)23/h5-10,12-13H,2-4,11H2,1H3,(H,24,25,26). The van der Waals surface area contributed by atoms with Crippen LogP contribution in [0.3, 0.4) is 0 Å². The first-order valence-electron chi connectivity index (χ1n) is 8.97. The lowest BCUT2D eigenvalue weighted by Gasteiger charge is -2.08. The summed E-state index contributed by atoms with van der Waals surface area (Å²) in [5.74, 6) is 0.471. The number of aryl methyl sites for hydroxylation is 1. The first-order valence-corrected chi connectivity index (χ1v) is 10.6. The molecule has 1 aromatic heterocycles. The molecule has 0 bridgehead atoms. The molecule has 0 fully saturated rings. The van der Waals surface area contributed by atoms with Gasteiger partial charge in [-0.3, -0.25) is 4.79 Å². The Kier molecular flexibility index (Phi) is 7.31. The van der Waals surface area contributed by atoms with Gasteiger partial charge in [0.15, 0.2) is 5.13 Å². The Balaban J connectivity index is 1.45. The van der Waals surface area contributed by atoms with Crippen LogP contribution >= 0.6 is 34.5 Å². The van der Waals surface area contributed by atoms with Gasteiger partial charge in [-0.25, -0.2) is 4.98 Å². The van der Waals surface area contributed by atoms with E-state index < -0.39 is 0 Å². The lowest BCUT2D eigenvalue weighted by Crippen LogP contribution is -2.12. The van der Waals surface area contributed by atoms with Crippen LogP contribution in [0.2, 0.25) is 10.0 Å². The van der Waals surface area contributed by atoms with Crippen molar-refractivity contribution in [3.8, 4) is 17.0 Å². The molecule has 0 saturated carbocycles. The first-order chi connectivity index (χ1) is 13.5. The molecule has 4 nitrogen and oxygen atoms in total. The summed E-state index contributed by atoms with van der Waals surface area (Å²) >= 11 is 13.3. The zero-order valence-corrected chi connectivity index (χ0v) is 17.7. The normalized spacial score (nSPS) is 10.7. The highest BCUT2D eigenvalue weighted by molar-refractivity contribution is 7.14. The average molecular weight is 435 g/mol. The molecule has 0 aliphatic rings. The van der Waals surface area contributed by atoms with Crippen LogP contribution in [0.5, 0.6) is 5.75 Å². The van der Waals surface area contributed by atoms with E-state index in [0.29, 0.717) is 40.4 Å². The SMILES string of the molecule is CCc1ccc(-c2csc(NC(=O)CCCOc3ccc(Cl)cc3Cl)n2)cc1. The fourth-order valence-electron chi connectivity index (χ4n) is 2.56. The van der Waals surface area contributed by atoms with Gasteiger partial charge in [0.25, 0.3) is 0 Å². The molecule has 1 heterocycles. The molecule has 28 heavy (non-hydrogen) atoms. The Morgan fingerprint density at radius 3 is 2.68 bits per heavy atom. The van der Waals surface area contributed by atoms with Crippen molar-refractivity contribution >= 4 is 45.6 Å². The minimum atomic E-state index is -0.0898. The van der Waals surface area contributed by atoms with Gasteiger partial charge in [-0.2, -0.15) is 0 Å². The predicted molar refractivity (Wildman–Crippen MR) is 117 cm³/mol. The number of halogens is 2. The number of hydrogen-bond acceptors (Lipinski definition) is 4. The maximum atomic E-state index is 12.1. The fraction of sp³-hybridized carbons (Fsp3) is 0.238. The zero-order chi connectivity index (χ0) is 19.9. The van der Waals surface area contributed by atoms with Gasteiger partial charge in [0.2, 0.25) is 5.91 Å². The third-order valence-corrected chi connectivity index (χ3v) is 5.40. The number of thiazole rings is 1. The zero-order valence-electron chi connectivity index (χ0n) is 15.4. The minimum Gasteiger partial charge on any atom is -0.492 e.